The fraction of sp³-hybridized carbons (Fsp3) is 1.00. The third-order valence-electron chi connectivity index (χ3n) is 2.20. The lowest BCUT2D eigenvalue weighted by molar-refractivity contribution is 0.182. The Balaban J connectivity index is 2.50. The van der Waals surface area contributed by atoms with E-state index in [4.69, 9.17) is 1.37 Å². The summed E-state index contributed by atoms with van der Waals surface area (Å²) < 4.78 is 7.23. The maximum absolute atomic E-state index is 9.32. The highest BCUT2D eigenvalue weighted by atomic mass is 16.3. The Morgan fingerprint density at radius 2 is 2.40 bits per heavy atom. The normalized spacial score (nSPS) is 37.0. The molecule has 60 valence electrons. The Morgan fingerprint density at radius 1 is 1.70 bits per heavy atom. The van der Waals surface area contributed by atoms with Crippen molar-refractivity contribution in [2.24, 2.45) is 5.92 Å². The number of β-amino-alcohol motifs (C(OH)–C–C–N with tert-alkyl or cyclic N) is 1. The zero-order valence-corrected chi connectivity index (χ0v) is 6.75. The zero-order chi connectivity index (χ0) is 8.43. The highest BCUT2D eigenvalue weighted by molar-refractivity contribution is 4.84. The summed E-state index contributed by atoms with van der Waals surface area (Å²) in [5.74, 6) is 0.553. The molecule has 2 heteroatoms. The minimum Gasteiger partial charge on any atom is -0.392 e. The van der Waals surface area contributed by atoms with E-state index in [2.05, 4.69) is 13.8 Å². The van der Waals surface area contributed by atoms with Gasteiger partial charge in [-0.1, -0.05) is 13.8 Å². The Labute approximate surface area is 64.2 Å². The zero-order valence-electron chi connectivity index (χ0n) is 7.75. The van der Waals surface area contributed by atoms with Crippen molar-refractivity contribution in [1.29, 1.82) is 0 Å². The SMILES string of the molecule is [2H]CN1C[C@H](O)C[C@H]1C(C)C. The molecule has 0 bridgehead atoms. The summed E-state index contributed by atoms with van der Waals surface area (Å²) >= 11 is 0. The van der Waals surface area contributed by atoms with Crippen LogP contribution in [0.3, 0.4) is 0 Å². The molecule has 10 heavy (non-hydrogen) atoms. The number of likely N-dealkylation sites (N-methyl/N-ethyl adjacent to an activating group) is 1. The van der Waals surface area contributed by atoms with Crippen LogP contribution in [0.25, 0.3) is 0 Å². The van der Waals surface area contributed by atoms with Gasteiger partial charge in [0.05, 0.1) is 6.10 Å². The van der Waals surface area contributed by atoms with Gasteiger partial charge >= 0.3 is 0 Å². The van der Waals surface area contributed by atoms with Crippen molar-refractivity contribution in [3.05, 3.63) is 0 Å². The van der Waals surface area contributed by atoms with Crippen LogP contribution in [0.4, 0.5) is 0 Å². The predicted molar refractivity (Wildman–Crippen MR) is 41.9 cm³/mol. The van der Waals surface area contributed by atoms with Crippen molar-refractivity contribution < 1.29 is 6.48 Å². The summed E-state index contributed by atoms with van der Waals surface area (Å²) in [6.45, 7) is 4.98. The Morgan fingerprint density at radius 3 is 2.80 bits per heavy atom. The van der Waals surface area contributed by atoms with Gasteiger partial charge in [-0.15, -0.1) is 0 Å². The van der Waals surface area contributed by atoms with E-state index in [-0.39, 0.29) is 6.10 Å². The summed E-state index contributed by atoms with van der Waals surface area (Å²) in [4.78, 5) is 2.04. The largest absolute Gasteiger partial charge is 0.392 e. The number of aliphatic hydroxyl groups is 1. The maximum Gasteiger partial charge on any atom is 0.0682 e. The van der Waals surface area contributed by atoms with Gasteiger partial charge in [0.2, 0.25) is 0 Å². The lowest BCUT2D eigenvalue weighted by atomic mass is 10.0. The van der Waals surface area contributed by atoms with Crippen LogP contribution in [0.5, 0.6) is 0 Å². The lowest BCUT2D eigenvalue weighted by Crippen LogP contribution is -2.29. The third-order valence-corrected chi connectivity index (χ3v) is 2.20. The molecular formula is C8H17NO. The van der Waals surface area contributed by atoms with Crippen LogP contribution in [-0.4, -0.2) is 35.7 Å². The molecule has 2 nitrogen and oxygen atoms in total. The second-order valence-corrected chi connectivity index (χ2v) is 3.47. The van der Waals surface area contributed by atoms with Crippen LogP contribution >= 0.6 is 0 Å². The second-order valence-electron chi connectivity index (χ2n) is 3.47. The smallest absolute Gasteiger partial charge is 0.0682 e. The minimum atomic E-state index is -0.201. The Bertz CT molecular complexity index is 129. The van der Waals surface area contributed by atoms with Gasteiger partial charge in [0.1, 0.15) is 0 Å². The number of likely N-dealkylation sites (tertiary alicyclic amines) is 1. The summed E-state index contributed by atoms with van der Waals surface area (Å²) in [7, 11) is 0.319. The van der Waals surface area contributed by atoms with E-state index in [1.807, 2.05) is 4.90 Å². The van der Waals surface area contributed by atoms with Crippen LogP contribution < -0.4 is 0 Å². The number of hydrogen-bond donors (Lipinski definition) is 1. The molecule has 0 aliphatic carbocycles. The van der Waals surface area contributed by atoms with E-state index < -0.39 is 0 Å². The number of nitrogens with zero attached hydrogens (tertiary/aromatic N) is 1. The monoisotopic (exact) mass is 144 g/mol. The summed E-state index contributed by atoms with van der Waals surface area (Å²) in [5, 5.41) is 9.32. The first-order valence-corrected chi connectivity index (χ1v) is 3.86. The molecule has 0 spiro atoms. The van der Waals surface area contributed by atoms with Gasteiger partial charge in [-0.2, -0.15) is 0 Å². The minimum absolute atomic E-state index is 0.201. The van der Waals surface area contributed by atoms with E-state index in [1.54, 1.807) is 0 Å². The van der Waals surface area contributed by atoms with E-state index in [0.717, 1.165) is 6.42 Å². The molecule has 2 atom stereocenters. The molecule has 1 rings (SSSR count). The highest BCUT2D eigenvalue weighted by Gasteiger charge is 2.29. The van der Waals surface area contributed by atoms with Gasteiger partial charge < -0.3 is 10.0 Å². The number of hydrogen-bond acceptors (Lipinski definition) is 2. The quantitative estimate of drug-likeness (QED) is 0.586. The van der Waals surface area contributed by atoms with Crippen molar-refractivity contribution in [2.75, 3.05) is 13.6 Å². The van der Waals surface area contributed by atoms with Gasteiger partial charge in [-0.3, -0.25) is 0 Å². The molecular weight excluding hydrogens is 126 g/mol. The highest BCUT2D eigenvalue weighted by Crippen LogP contribution is 2.21. The van der Waals surface area contributed by atoms with Crippen LogP contribution in [0.2, 0.25) is 0 Å². The van der Waals surface area contributed by atoms with E-state index >= 15 is 0 Å². The summed E-state index contributed by atoms with van der Waals surface area (Å²) in [6.07, 6.45) is 0.643. The summed E-state index contributed by atoms with van der Waals surface area (Å²) in [5.41, 5.74) is 0. The van der Waals surface area contributed by atoms with Crippen molar-refractivity contribution in [3.8, 4) is 0 Å². The average molecular weight is 144 g/mol. The van der Waals surface area contributed by atoms with Crippen LogP contribution in [0.15, 0.2) is 0 Å². The van der Waals surface area contributed by atoms with E-state index in [1.165, 1.54) is 0 Å². The van der Waals surface area contributed by atoms with Gasteiger partial charge in [-0.25, -0.2) is 0 Å². The Kier molecular flexibility index (Phi) is 1.91. The van der Waals surface area contributed by atoms with Crippen molar-refractivity contribution in [3.63, 3.8) is 0 Å². The first-order valence-electron chi connectivity index (χ1n) is 4.57. The first kappa shape index (κ1) is 6.62. The molecule has 1 fully saturated rings. The molecule has 1 N–H and O–H groups in total. The molecule has 0 aromatic carbocycles. The third kappa shape index (κ3) is 1.50. The summed E-state index contributed by atoms with van der Waals surface area (Å²) in [6, 6.07) is 0.419. The van der Waals surface area contributed by atoms with Crippen LogP contribution in [0.1, 0.15) is 21.6 Å². The predicted octanol–water partition coefficient (Wildman–Crippen LogP) is 0.707. The van der Waals surface area contributed by atoms with Crippen molar-refractivity contribution in [1.82, 2.24) is 4.90 Å². The van der Waals surface area contributed by atoms with Gasteiger partial charge in [-0.05, 0) is 19.4 Å². The lowest BCUT2D eigenvalue weighted by Gasteiger charge is -2.22. The molecule has 0 radical (unpaired) electrons. The molecule has 1 aliphatic rings. The van der Waals surface area contributed by atoms with Gasteiger partial charge in [0, 0.05) is 14.0 Å². The Hall–Kier alpha value is -0.0800. The van der Waals surface area contributed by atoms with Crippen molar-refractivity contribution in [2.45, 2.75) is 32.4 Å². The standard InChI is InChI=1S/C8H17NO/c1-6(2)8-4-7(10)5-9(8)3/h6-8,10H,4-5H2,1-3H3/t7-,8+/m1/s1/i3D. The fourth-order valence-corrected chi connectivity index (χ4v) is 1.60. The molecule has 0 aromatic heterocycles. The average Bonchev–Trinajstić information content (AvgIpc) is 2.30. The molecule has 1 heterocycles. The first-order chi connectivity index (χ1) is 5.15. The number of aliphatic hydroxyl groups excluding tert-OH is 1. The maximum atomic E-state index is 9.32. The molecule has 0 aromatic rings. The second kappa shape index (κ2) is 2.89. The van der Waals surface area contributed by atoms with E-state index in [0.29, 0.717) is 25.5 Å². The number of rotatable bonds is 1. The van der Waals surface area contributed by atoms with Crippen LogP contribution in [-0.2, 0) is 0 Å². The van der Waals surface area contributed by atoms with Gasteiger partial charge in [0.25, 0.3) is 0 Å². The van der Waals surface area contributed by atoms with E-state index in [9.17, 15) is 5.11 Å². The molecule has 1 aliphatic heterocycles. The molecule has 0 unspecified atom stereocenters. The fourth-order valence-electron chi connectivity index (χ4n) is 1.60. The topological polar surface area (TPSA) is 23.5 Å². The van der Waals surface area contributed by atoms with Gasteiger partial charge in [0.15, 0.2) is 0 Å². The molecule has 1 saturated heterocycles. The molecule has 0 saturated carbocycles. The molecule has 0 amide bonds. The van der Waals surface area contributed by atoms with Crippen molar-refractivity contribution >= 4 is 0 Å². The van der Waals surface area contributed by atoms with Crippen LogP contribution in [0, 0.1) is 5.92 Å².